The van der Waals surface area contributed by atoms with E-state index in [0.29, 0.717) is 0 Å². The van der Waals surface area contributed by atoms with E-state index in [1.165, 1.54) is 5.10 Å². The van der Waals surface area contributed by atoms with Crippen LogP contribution in [0.25, 0.3) is 0 Å². The van der Waals surface area contributed by atoms with Crippen molar-refractivity contribution in [2.75, 3.05) is 0 Å². The third-order valence-electron chi connectivity index (χ3n) is 0.997. The molecule has 0 aliphatic carbocycles. The van der Waals surface area contributed by atoms with Crippen LogP contribution in [0.15, 0.2) is 9.21 Å². The summed E-state index contributed by atoms with van der Waals surface area (Å²) in [6, 6.07) is 0. The van der Waals surface area contributed by atoms with Crippen molar-refractivity contribution < 1.29 is 22.0 Å². The molecule has 0 radical (unpaired) electrons. The number of alkyl halides is 4. The second kappa shape index (κ2) is 2.61. The molecule has 1 N–H and O–H groups in total. The Balaban J connectivity index is 3.05. The third kappa shape index (κ3) is 1.31. The summed E-state index contributed by atoms with van der Waals surface area (Å²) < 4.78 is 51.2. The van der Waals surface area contributed by atoms with Gasteiger partial charge in [0.15, 0.2) is 0 Å². The Morgan fingerprint density at radius 3 is 2.42 bits per heavy atom. The van der Waals surface area contributed by atoms with E-state index in [0.717, 1.165) is 0 Å². The molecule has 1 aromatic heterocycles. The molecular weight excluding hydrogens is 184 g/mol. The van der Waals surface area contributed by atoms with Crippen molar-refractivity contribution in [3.63, 3.8) is 0 Å². The first-order valence-electron chi connectivity index (χ1n) is 2.66. The van der Waals surface area contributed by atoms with Crippen molar-refractivity contribution in [2.24, 2.45) is 0 Å². The molecule has 0 aromatic carbocycles. The fourth-order valence-corrected chi connectivity index (χ4v) is 0.466. The molecule has 1 rings (SSSR count). The smallest absolute Gasteiger partial charge is 0.385 e. The summed E-state index contributed by atoms with van der Waals surface area (Å²) in [7, 11) is 0. The van der Waals surface area contributed by atoms with Crippen molar-refractivity contribution in [3.05, 3.63) is 16.4 Å². The maximum atomic E-state index is 12.2. The van der Waals surface area contributed by atoms with Crippen LogP contribution in [0.5, 0.6) is 0 Å². The quantitative estimate of drug-likeness (QED) is 0.692. The fraction of sp³-hybridized carbons (Fsp3) is 0.500. The van der Waals surface area contributed by atoms with Gasteiger partial charge in [0.25, 0.3) is 5.89 Å². The summed E-state index contributed by atoms with van der Waals surface area (Å²) in [5.74, 6) is -7.44. The molecule has 0 amide bonds. The molecule has 12 heavy (non-hydrogen) atoms. The van der Waals surface area contributed by atoms with Gasteiger partial charge in [0.1, 0.15) is 0 Å². The number of aromatic amines is 1. The number of aromatic nitrogens is 2. The topological polar surface area (TPSA) is 58.9 Å². The van der Waals surface area contributed by atoms with Crippen molar-refractivity contribution in [1.82, 2.24) is 10.2 Å². The summed E-state index contributed by atoms with van der Waals surface area (Å²) in [5.41, 5.74) is 0. The van der Waals surface area contributed by atoms with Crippen LogP contribution in [-0.2, 0) is 5.92 Å². The van der Waals surface area contributed by atoms with Crippen LogP contribution in [0, 0.1) is 0 Å². The standard InChI is InChI=1S/C4H2F4N2O2/c5-1(6)4(7,8)2-9-10-3(11)12-2/h1H,(H,10,11). The van der Waals surface area contributed by atoms with Gasteiger partial charge in [0, 0.05) is 0 Å². The molecule has 1 aromatic rings. The van der Waals surface area contributed by atoms with Crippen LogP contribution >= 0.6 is 0 Å². The number of nitrogens with zero attached hydrogens (tertiary/aromatic N) is 1. The van der Waals surface area contributed by atoms with Gasteiger partial charge in [-0.15, -0.1) is 5.10 Å². The van der Waals surface area contributed by atoms with Crippen LogP contribution in [-0.4, -0.2) is 16.6 Å². The van der Waals surface area contributed by atoms with Crippen molar-refractivity contribution in [3.8, 4) is 0 Å². The van der Waals surface area contributed by atoms with Crippen LogP contribution in [0.1, 0.15) is 5.89 Å². The predicted octanol–water partition coefficient (Wildman–Crippen LogP) is 0.720. The number of rotatable bonds is 2. The average Bonchev–Trinajstić information content (AvgIpc) is 2.35. The highest BCUT2D eigenvalue weighted by Gasteiger charge is 2.48. The molecule has 0 unspecified atom stereocenters. The van der Waals surface area contributed by atoms with Crippen LogP contribution in [0.3, 0.4) is 0 Å². The van der Waals surface area contributed by atoms with Gasteiger partial charge in [-0.3, -0.25) is 0 Å². The zero-order valence-corrected chi connectivity index (χ0v) is 5.35. The van der Waals surface area contributed by atoms with Gasteiger partial charge in [0.2, 0.25) is 0 Å². The first-order valence-corrected chi connectivity index (χ1v) is 2.66. The van der Waals surface area contributed by atoms with Gasteiger partial charge in [-0.2, -0.15) is 8.78 Å². The maximum absolute atomic E-state index is 12.2. The number of H-pyrrole nitrogens is 1. The predicted molar refractivity (Wildman–Crippen MR) is 27.0 cm³/mol. The lowest BCUT2D eigenvalue weighted by Crippen LogP contribution is -2.24. The second-order valence-electron chi connectivity index (χ2n) is 1.84. The number of hydrogen-bond donors (Lipinski definition) is 1. The van der Waals surface area contributed by atoms with Crippen LogP contribution in [0.4, 0.5) is 17.6 Å². The minimum absolute atomic E-state index is 1.30. The Morgan fingerprint density at radius 1 is 1.50 bits per heavy atom. The van der Waals surface area contributed by atoms with Gasteiger partial charge < -0.3 is 4.42 Å². The molecule has 0 atom stereocenters. The van der Waals surface area contributed by atoms with E-state index in [-0.39, 0.29) is 0 Å². The van der Waals surface area contributed by atoms with E-state index in [4.69, 9.17) is 0 Å². The second-order valence-corrected chi connectivity index (χ2v) is 1.84. The van der Waals surface area contributed by atoms with Gasteiger partial charge >= 0.3 is 18.1 Å². The Morgan fingerprint density at radius 2 is 2.08 bits per heavy atom. The Labute approximate surface area is 62.2 Å². The van der Waals surface area contributed by atoms with Gasteiger partial charge in [-0.25, -0.2) is 18.7 Å². The minimum atomic E-state index is -4.53. The van der Waals surface area contributed by atoms with E-state index in [9.17, 15) is 22.4 Å². The molecule has 68 valence electrons. The number of halogens is 4. The van der Waals surface area contributed by atoms with Crippen molar-refractivity contribution in [1.29, 1.82) is 0 Å². The molecule has 0 fully saturated rings. The fourth-order valence-electron chi connectivity index (χ4n) is 0.466. The molecule has 0 spiro atoms. The summed E-state index contributed by atoms with van der Waals surface area (Å²) in [6.07, 6.45) is -3.95. The van der Waals surface area contributed by atoms with E-state index < -0.39 is 24.0 Å². The normalized spacial score (nSPS) is 12.4. The molecule has 0 saturated heterocycles. The lowest BCUT2D eigenvalue weighted by atomic mass is 10.3. The van der Waals surface area contributed by atoms with E-state index in [1.54, 1.807) is 0 Å². The highest BCUT2D eigenvalue weighted by molar-refractivity contribution is 4.89. The monoisotopic (exact) mass is 186 g/mol. The summed E-state index contributed by atoms with van der Waals surface area (Å²) >= 11 is 0. The Kier molecular flexibility index (Phi) is 1.90. The molecule has 8 heteroatoms. The van der Waals surface area contributed by atoms with Gasteiger partial charge in [-0.05, 0) is 0 Å². The lowest BCUT2D eigenvalue weighted by molar-refractivity contribution is -0.151. The van der Waals surface area contributed by atoms with Crippen LogP contribution < -0.4 is 5.76 Å². The first kappa shape index (κ1) is 8.75. The number of hydrogen-bond acceptors (Lipinski definition) is 3. The summed E-state index contributed by atoms with van der Waals surface area (Å²) in [5, 5.41) is 4.02. The van der Waals surface area contributed by atoms with E-state index in [1.807, 2.05) is 0 Å². The Hall–Kier alpha value is -1.34. The molecule has 0 aliphatic heterocycles. The van der Waals surface area contributed by atoms with Crippen molar-refractivity contribution >= 4 is 0 Å². The SMILES string of the molecule is O=c1[nH]nc(C(F)(F)C(F)F)o1. The molecule has 0 bridgehead atoms. The molecular formula is C4H2F4N2O2. The molecule has 4 nitrogen and oxygen atoms in total. The largest absolute Gasteiger partial charge is 0.434 e. The highest BCUT2D eigenvalue weighted by Crippen LogP contribution is 2.31. The molecule has 1 heterocycles. The van der Waals surface area contributed by atoms with E-state index >= 15 is 0 Å². The van der Waals surface area contributed by atoms with Crippen LogP contribution in [0.2, 0.25) is 0 Å². The van der Waals surface area contributed by atoms with E-state index in [2.05, 4.69) is 9.52 Å². The summed E-state index contributed by atoms with van der Waals surface area (Å²) in [6.45, 7) is 0. The van der Waals surface area contributed by atoms with Crippen molar-refractivity contribution in [2.45, 2.75) is 12.3 Å². The zero-order chi connectivity index (χ0) is 9.35. The molecule has 0 aliphatic rings. The van der Waals surface area contributed by atoms with Gasteiger partial charge in [0.05, 0.1) is 0 Å². The van der Waals surface area contributed by atoms with Gasteiger partial charge in [-0.1, -0.05) is 0 Å². The Bertz CT molecular complexity index is 317. The first-order chi connectivity index (χ1) is 5.44. The molecule has 0 saturated carbocycles. The zero-order valence-electron chi connectivity index (χ0n) is 5.35. The maximum Gasteiger partial charge on any atom is 0.434 e. The third-order valence-corrected chi connectivity index (χ3v) is 0.997. The lowest BCUT2D eigenvalue weighted by Gasteiger charge is -2.08. The number of nitrogens with one attached hydrogen (secondary N) is 1. The average molecular weight is 186 g/mol. The summed E-state index contributed by atoms with van der Waals surface area (Å²) in [4.78, 5) is 10.1. The highest BCUT2D eigenvalue weighted by atomic mass is 19.3. The minimum Gasteiger partial charge on any atom is -0.385 e.